The number of hydrogen-bond acceptors (Lipinski definition) is 2. The molecule has 0 aromatic heterocycles. The molecule has 0 aliphatic carbocycles. The molecular formula is C10H12ClNS. The normalized spacial score (nSPS) is 21.2. The zero-order valence-electron chi connectivity index (χ0n) is 7.51. The Kier molecular flexibility index (Phi) is 2.82. The van der Waals surface area contributed by atoms with Gasteiger partial charge in [0.25, 0.3) is 0 Å². The fourth-order valence-corrected chi connectivity index (χ4v) is 3.22. The van der Waals surface area contributed by atoms with Crippen molar-refractivity contribution in [1.29, 1.82) is 0 Å². The summed E-state index contributed by atoms with van der Waals surface area (Å²) < 4.78 is 0. The van der Waals surface area contributed by atoms with Crippen LogP contribution in [0.5, 0.6) is 0 Å². The molecule has 1 aromatic carbocycles. The molecule has 70 valence electrons. The van der Waals surface area contributed by atoms with E-state index in [1.165, 1.54) is 11.1 Å². The first-order valence-electron chi connectivity index (χ1n) is 4.35. The van der Waals surface area contributed by atoms with Crippen molar-refractivity contribution in [3.05, 3.63) is 34.3 Å². The van der Waals surface area contributed by atoms with Gasteiger partial charge in [0.15, 0.2) is 0 Å². The molecule has 0 fully saturated rings. The highest BCUT2D eigenvalue weighted by Gasteiger charge is 2.20. The second kappa shape index (κ2) is 3.91. The standard InChI is InChI=1S/C10H12ClNS/c1-12-10-6-13-5-8-7(10)3-2-4-9(8)11/h2-4,10,12H,5-6H2,1H3. The van der Waals surface area contributed by atoms with Crippen LogP contribution in [0.4, 0.5) is 0 Å². The Morgan fingerprint density at radius 2 is 2.38 bits per heavy atom. The number of benzene rings is 1. The predicted octanol–water partition coefficient (Wildman–Crippen LogP) is 2.85. The van der Waals surface area contributed by atoms with Crippen molar-refractivity contribution < 1.29 is 0 Å². The second-order valence-electron chi connectivity index (χ2n) is 3.16. The highest BCUT2D eigenvalue weighted by molar-refractivity contribution is 7.98. The van der Waals surface area contributed by atoms with Gasteiger partial charge in [0.1, 0.15) is 0 Å². The molecule has 1 nitrogen and oxygen atoms in total. The summed E-state index contributed by atoms with van der Waals surface area (Å²) >= 11 is 8.06. The Morgan fingerprint density at radius 1 is 1.54 bits per heavy atom. The summed E-state index contributed by atoms with van der Waals surface area (Å²) in [5.41, 5.74) is 2.67. The number of halogens is 1. The fourth-order valence-electron chi connectivity index (χ4n) is 1.66. The van der Waals surface area contributed by atoms with Crippen molar-refractivity contribution in [2.24, 2.45) is 0 Å². The molecule has 1 aromatic rings. The maximum Gasteiger partial charge on any atom is 0.0449 e. The molecular weight excluding hydrogens is 202 g/mol. The van der Waals surface area contributed by atoms with Crippen LogP contribution in [0.1, 0.15) is 17.2 Å². The van der Waals surface area contributed by atoms with Crippen molar-refractivity contribution in [1.82, 2.24) is 5.32 Å². The summed E-state index contributed by atoms with van der Waals surface area (Å²) in [4.78, 5) is 0. The van der Waals surface area contributed by atoms with E-state index in [1.54, 1.807) is 0 Å². The van der Waals surface area contributed by atoms with Gasteiger partial charge in [0.2, 0.25) is 0 Å². The number of hydrogen-bond donors (Lipinski definition) is 1. The minimum Gasteiger partial charge on any atom is -0.312 e. The zero-order chi connectivity index (χ0) is 9.26. The van der Waals surface area contributed by atoms with Gasteiger partial charge in [-0.2, -0.15) is 11.8 Å². The highest BCUT2D eigenvalue weighted by atomic mass is 35.5. The van der Waals surface area contributed by atoms with Gasteiger partial charge in [-0.25, -0.2) is 0 Å². The number of fused-ring (bicyclic) bond motifs is 1. The monoisotopic (exact) mass is 213 g/mol. The molecule has 3 heteroatoms. The Bertz CT molecular complexity index is 314. The third kappa shape index (κ3) is 1.71. The lowest BCUT2D eigenvalue weighted by Gasteiger charge is -2.25. The molecule has 1 N–H and O–H groups in total. The van der Waals surface area contributed by atoms with Crippen molar-refractivity contribution in [3.8, 4) is 0 Å². The van der Waals surface area contributed by atoms with Crippen LogP contribution in [0.3, 0.4) is 0 Å². The summed E-state index contributed by atoms with van der Waals surface area (Å²) in [6.07, 6.45) is 0. The molecule has 0 radical (unpaired) electrons. The van der Waals surface area contributed by atoms with E-state index in [0.29, 0.717) is 6.04 Å². The van der Waals surface area contributed by atoms with Gasteiger partial charge < -0.3 is 5.32 Å². The van der Waals surface area contributed by atoms with Crippen molar-refractivity contribution in [2.75, 3.05) is 12.8 Å². The van der Waals surface area contributed by atoms with E-state index in [1.807, 2.05) is 30.9 Å². The van der Waals surface area contributed by atoms with Crippen LogP contribution >= 0.6 is 23.4 Å². The molecule has 13 heavy (non-hydrogen) atoms. The maximum atomic E-state index is 6.12. The molecule has 1 unspecified atom stereocenters. The first kappa shape index (κ1) is 9.38. The van der Waals surface area contributed by atoms with Gasteiger partial charge in [0.05, 0.1) is 0 Å². The second-order valence-corrected chi connectivity index (χ2v) is 4.60. The summed E-state index contributed by atoms with van der Waals surface area (Å²) in [5.74, 6) is 2.19. The molecule has 0 spiro atoms. The van der Waals surface area contributed by atoms with Crippen molar-refractivity contribution >= 4 is 23.4 Å². The third-order valence-electron chi connectivity index (χ3n) is 2.41. The van der Waals surface area contributed by atoms with E-state index < -0.39 is 0 Å². The first-order valence-corrected chi connectivity index (χ1v) is 5.88. The smallest absolute Gasteiger partial charge is 0.0449 e. The number of nitrogens with one attached hydrogen (secondary N) is 1. The van der Waals surface area contributed by atoms with Crippen LogP contribution < -0.4 is 5.32 Å². The maximum absolute atomic E-state index is 6.12. The SMILES string of the molecule is CNC1CSCc2c(Cl)cccc21. The Morgan fingerprint density at radius 3 is 3.15 bits per heavy atom. The topological polar surface area (TPSA) is 12.0 Å². The van der Waals surface area contributed by atoms with Crippen LogP contribution in [-0.2, 0) is 5.75 Å². The lowest BCUT2D eigenvalue weighted by Crippen LogP contribution is -2.23. The lowest BCUT2D eigenvalue weighted by atomic mass is 10.0. The first-order chi connectivity index (χ1) is 6.33. The van der Waals surface area contributed by atoms with Crippen LogP contribution in [0.25, 0.3) is 0 Å². The lowest BCUT2D eigenvalue weighted by molar-refractivity contribution is 0.651. The van der Waals surface area contributed by atoms with Gasteiger partial charge >= 0.3 is 0 Å². The third-order valence-corrected chi connectivity index (χ3v) is 3.83. The van der Waals surface area contributed by atoms with E-state index in [2.05, 4.69) is 11.4 Å². The van der Waals surface area contributed by atoms with Crippen molar-refractivity contribution in [3.63, 3.8) is 0 Å². The van der Waals surface area contributed by atoms with Gasteiger partial charge in [-0.05, 0) is 24.2 Å². The molecule has 1 heterocycles. The number of rotatable bonds is 1. The molecule has 0 saturated carbocycles. The molecule has 0 amide bonds. The summed E-state index contributed by atoms with van der Waals surface area (Å²) in [6, 6.07) is 6.63. The quantitative estimate of drug-likeness (QED) is 0.770. The molecule has 1 atom stereocenters. The molecule has 1 aliphatic heterocycles. The fraction of sp³-hybridized carbons (Fsp3) is 0.400. The molecule has 2 rings (SSSR count). The average molecular weight is 214 g/mol. The Labute approximate surface area is 87.9 Å². The van der Waals surface area contributed by atoms with E-state index >= 15 is 0 Å². The minimum absolute atomic E-state index is 0.465. The van der Waals surface area contributed by atoms with Crippen LogP contribution in [0.2, 0.25) is 5.02 Å². The van der Waals surface area contributed by atoms with Crippen molar-refractivity contribution in [2.45, 2.75) is 11.8 Å². The largest absolute Gasteiger partial charge is 0.312 e. The van der Waals surface area contributed by atoms with Gasteiger partial charge in [0, 0.05) is 22.6 Å². The minimum atomic E-state index is 0.465. The van der Waals surface area contributed by atoms with E-state index in [4.69, 9.17) is 11.6 Å². The van der Waals surface area contributed by atoms with Crippen LogP contribution in [0.15, 0.2) is 18.2 Å². The predicted molar refractivity (Wildman–Crippen MR) is 59.4 cm³/mol. The van der Waals surface area contributed by atoms with Crippen LogP contribution in [0, 0.1) is 0 Å². The number of thioether (sulfide) groups is 1. The summed E-state index contributed by atoms with van der Waals surface area (Å²) in [6.45, 7) is 0. The van der Waals surface area contributed by atoms with Crippen LogP contribution in [-0.4, -0.2) is 12.8 Å². The highest BCUT2D eigenvalue weighted by Crippen LogP contribution is 2.35. The zero-order valence-corrected chi connectivity index (χ0v) is 9.08. The van der Waals surface area contributed by atoms with E-state index in [0.717, 1.165) is 16.5 Å². The summed E-state index contributed by atoms with van der Waals surface area (Å²) in [7, 11) is 2.00. The van der Waals surface area contributed by atoms with Gasteiger partial charge in [-0.3, -0.25) is 0 Å². The molecule has 0 bridgehead atoms. The van der Waals surface area contributed by atoms with E-state index in [-0.39, 0.29) is 0 Å². The summed E-state index contributed by atoms with van der Waals surface area (Å²) in [5, 5.41) is 4.22. The van der Waals surface area contributed by atoms with Gasteiger partial charge in [-0.15, -0.1) is 0 Å². The molecule has 1 aliphatic rings. The van der Waals surface area contributed by atoms with E-state index in [9.17, 15) is 0 Å². The Balaban J connectivity index is 2.45. The average Bonchev–Trinajstić information content (AvgIpc) is 2.18. The van der Waals surface area contributed by atoms with Gasteiger partial charge in [-0.1, -0.05) is 23.7 Å². The Hall–Kier alpha value is -0.180. The molecule has 0 saturated heterocycles.